The third-order valence-corrected chi connectivity index (χ3v) is 7.75. The van der Waals surface area contributed by atoms with Crippen molar-refractivity contribution < 1.29 is 9.90 Å². The van der Waals surface area contributed by atoms with Crippen molar-refractivity contribution in [2.75, 3.05) is 0 Å². The second-order valence-corrected chi connectivity index (χ2v) is 11.9. The molecule has 1 atom stereocenters. The van der Waals surface area contributed by atoms with Gasteiger partial charge in [-0.1, -0.05) is 161 Å². The zero-order chi connectivity index (χ0) is 26.5. The lowest BCUT2D eigenvalue weighted by molar-refractivity contribution is -0.142. The molecule has 0 aromatic rings. The summed E-state index contributed by atoms with van der Waals surface area (Å²) in [5.41, 5.74) is 0. The highest BCUT2D eigenvalue weighted by Crippen LogP contribution is 2.20. The molecule has 214 valence electrons. The lowest BCUT2D eigenvalue weighted by Gasteiger charge is -2.12. The zero-order valence-electron chi connectivity index (χ0n) is 25.0. The van der Waals surface area contributed by atoms with Crippen molar-refractivity contribution in [2.24, 2.45) is 11.8 Å². The molecule has 0 spiro atoms. The number of rotatable bonds is 29. The predicted octanol–water partition coefficient (Wildman–Crippen LogP) is 12.1. The molecule has 0 aromatic heterocycles. The summed E-state index contributed by atoms with van der Waals surface area (Å²) in [4.78, 5) is 11.6. The van der Waals surface area contributed by atoms with Gasteiger partial charge in [-0.15, -0.1) is 0 Å². The lowest BCUT2D eigenvalue weighted by atomic mass is 9.94. The van der Waals surface area contributed by atoms with Gasteiger partial charge in [0.25, 0.3) is 0 Å². The second kappa shape index (κ2) is 28.8. The Labute approximate surface area is 227 Å². The fraction of sp³-hybridized carbons (Fsp3) is 0.912. The van der Waals surface area contributed by atoms with Crippen LogP contribution in [0.3, 0.4) is 0 Å². The number of aliphatic carboxylic acids is 1. The number of allylic oxidation sites excluding steroid dienone is 2. The molecule has 0 fully saturated rings. The average Bonchev–Trinajstić information content (AvgIpc) is 2.85. The molecule has 2 heteroatoms. The van der Waals surface area contributed by atoms with Crippen LogP contribution in [0.5, 0.6) is 0 Å². The molecule has 0 radical (unpaired) electrons. The molecular formula is C34H66O2. The maximum Gasteiger partial charge on any atom is 0.306 e. The molecule has 0 amide bonds. The smallest absolute Gasteiger partial charge is 0.306 e. The highest BCUT2D eigenvalue weighted by molar-refractivity contribution is 5.69. The van der Waals surface area contributed by atoms with E-state index in [1.54, 1.807) is 0 Å². The van der Waals surface area contributed by atoms with Crippen LogP contribution < -0.4 is 0 Å². The van der Waals surface area contributed by atoms with E-state index in [9.17, 15) is 9.90 Å². The number of carbonyl (C=O) groups is 1. The van der Waals surface area contributed by atoms with Gasteiger partial charge in [0, 0.05) is 0 Å². The van der Waals surface area contributed by atoms with Gasteiger partial charge < -0.3 is 5.11 Å². The molecule has 36 heavy (non-hydrogen) atoms. The molecule has 0 rings (SSSR count). The molecule has 2 nitrogen and oxygen atoms in total. The zero-order valence-corrected chi connectivity index (χ0v) is 25.0. The molecule has 0 aliphatic heterocycles. The summed E-state index contributed by atoms with van der Waals surface area (Å²) in [5.74, 6) is 0.177. The van der Waals surface area contributed by atoms with E-state index in [0.29, 0.717) is 0 Å². The van der Waals surface area contributed by atoms with E-state index >= 15 is 0 Å². The molecule has 0 saturated heterocycles. The maximum absolute atomic E-state index is 11.6. The first-order chi connectivity index (χ1) is 17.6. The van der Waals surface area contributed by atoms with Crippen molar-refractivity contribution in [1.29, 1.82) is 0 Å². The maximum atomic E-state index is 11.6. The molecule has 0 aromatic carbocycles. The summed E-state index contributed by atoms with van der Waals surface area (Å²) < 4.78 is 0. The van der Waals surface area contributed by atoms with Crippen LogP contribution in [0.4, 0.5) is 0 Å². The molecule has 0 saturated carbocycles. The first kappa shape index (κ1) is 35.2. The van der Waals surface area contributed by atoms with E-state index in [2.05, 4.69) is 32.9 Å². The normalized spacial score (nSPS) is 12.7. The lowest BCUT2D eigenvalue weighted by Crippen LogP contribution is -2.13. The standard InChI is InChI=1S/C34H66O2/c1-4-5-6-7-8-9-10-11-12-15-18-21-24-27-30-33(34(35)36)31-28-25-22-19-16-13-14-17-20-23-26-29-32(2)3/h11-12,32-33H,4-10,13-31H2,1-3H3,(H,35,36)/b12-11-. The Morgan fingerprint density at radius 2 is 0.861 bits per heavy atom. The van der Waals surface area contributed by atoms with Crippen molar-refractivity contribution in [3.63, 3.8) is 0 Å². The Balaban J connectivity index is 3.47. The fourth-order valence-corrected chi connectivity index (χ4v) is 5.21. The van der Waals surface area contributed by atoms with Gasteiger partial charge >= 0.3 is 5.97 Å². The summed E-state index contributed by atoms with van der Waals surface area (Å²) in [6, 6.07) is 0. The van der Waals surface area contributed by atoms with Gasteiger partial charge in [0.2, 0.25) is 0 Å². The summed E-state index contributed by atoms with van der Waals surface area (Å²) in [6.07, 6.45) is 38.0. The first-order valence-corrected chi connectivity index (χ1v) is 16.5. The van der Waals surface area contributed by atoms with Crippen LogP contribution in [0.15, 0.2) is 12.2 Å². The summed E-state index contributed by atoms with van der Waals surface area (Å²) >= 11 is 0. The predicted molar refractivity (Wildman–Crippen MR) is 161 cm³/mol. The summed E-state index contributed by atoms with van der Waals surface area (Å²) in [7, 11) is 0. The van der Waals surface area contributed by atoms with Crippen molar-refractivity contribution in [3.8, 4) is 0 Å². The SMILES string of the molecule is CCCCCCCC/C=C\CCCCCCC(CCCCCCCCCCCCCC(C)C)C(=O)O. The van der Waals surface area contributed by atoms with Crippen LogP contribution in [0, 0.1) is 11.8 Å². The minimum Gasteiger partial charge on any atom is -0.481 e. The van der Waals surface area contributed by atoms with Crippen LogP contribution >= 0.6 is 0 Å². The van der Waals surface area contributed by atoms with Crippen molar-refractivity contribution in [3.05, 3.63) is 12.2 Å². The van der Waals surface area contributed by atoms with E-state index in [1.807, 2.05) is 0 Å². The quantitative estimate of drug-likeness (QED) is 0.0808. The largest absolute Gasteiger partial charge is 0.481 e. The van der Waals surface area contributed by atoms with Crippen LogP contribution in [-0.2, 0) is 4.79 Å². The Bertz CT molecular complexity index is 468. The number of carboxylic acids is 1. The van der Waals surface area contributed by atoms with Crippen LogP contribution in [0.2, 0.25) is 0 Å². The van der Waals surface area contributed by atoms with Crippen LogP contribution in [0.25, 0.3) is 0 Å². The number of hydrogen-bond donors (Lipinski definition) is 1. The van der Waals surface area contributed by atoms with E-state index in [0.717, 1.165) is 31.6 Å². The minimum atomic E-state index is -0.568. The van der Waals surface area contributed by atoms with Gasteiger partial charge in [0.05, 0.1) is 5.92 Å². The Hall–Kier alpha value is -0.790. The van der Waals surface area contributed by atoms with E-state index in [4.69, 9.17) is 0 Å². The van der Waals surface area contributed by atoms with Crippen molar-refractivity contribution >= 4 is 5.97 Å². The molecule has 1 N–H and O–H groups in total. The average molecular weight is 507 g/mol. The number of hydrogen-bond acceptors (Lipinski definition) is 1. The Kier molecular flexibility index (Phi) is 28.1. The molecule has 0 bridgehead atoms. The van der Waals surface area contributed by atoms with Crippen LogP contribution in [0.1, 0.15) is 188 Å². The van der Waals surface area contributed by atoms with Gasteiger partial charge in [-0.05, 0) is 44.4 Å². The fourth-order valence-electron chi connectivity index (χ4n) is 5.21. The van der Waals surface area contributed by atoms with Gasteiger partial charge in [-0.25, -0.2) is 0 Å². The number of carboxylic acid groups (broad SMARTS) is 1. The van der Waals surface area contributed by atoms with Crippen molar-refractivity contribution in [2.45, 2.75) is 188 Å². The topological polar surface area (TPSA) is 37.3 Å². The van der Waals surface area contributed by atoms with Gasteiger partial charge in [-0.3, -0.25) is 4.79 Å². The Morgan fingerprint density at radius 3 is 1.22 bits per heavy atom. The Morgan fingerprint density at radius 1 is 0.528 bits per heavy atom. The molecule has 0 aliphatic carbocycles. The van der Waals surface area contributed by atoms with Gasteiger partial charge in [0.15, 0.2) is 0 Å². The van der Waals surface area contributed by atoms with Crippen molar-refractivity contribution in [1.82, 2.24) is 0 Å². The highest BCUT2D eigenvalue weighted by Gasteiger charge is 2.16. The van der Waals surface area contributed by atoms with E-state index in [-0.39, 0.29) is 5.92 Å². The highest BCUT2D eigenvalue weighted by atomic mass is 16.4. The van der Waals surface area contributed by atoms with Gasteiger partial charge in [-0.2, -0.15) is 0 Å². The number of unbranched alkanes of at least 4 members (excludes halogenated alkanes) is 20. The van der Waals surface area contributed by atoms with E-state index < -0.39 is 5.97 Å². The monoisotopic (exact) mass is 507 g/mol. The summed E-state index contributed by atoms with van der Waals surface area (Å²) in [5, 5.41) is 9.57. The first-order valence-electron chi connectivity index (χ1n) is 16.5. The second-order valence-electron chi connectivity index (χ2n) is 11.9. The molecular weight excluding hydrogens is 440 g/mol. The van der Waals surface area contributed by atoms with Gasteiger partial charge in [0.1, 0.15) is 0 Å². The minimum absolute atomic E-state index is 0.113. The molecule has 1 unspecified atom stereocenters. The molecule has 0 heterocycles. The van der Waals surface area contributed by atoms with E-state index in [1.165, 1.54) is 141 Å². The summed E-state index contributed by atoms with van der Waals surface area (Å²) in [6.45, 7) is 6.91. The third-order valence-electron chi connectivity index (χ3n) is 7.75. The molecule has 0 aliphatic rings. The third kappa shape index (κ3) is 27.8. The van der Waals surface area contributed by atoms with Crippen LogP contribution in [-0.4, -0.2) is 11.1 Å².